The third-order valence-corrected chi connectivity index (χ3v) is 4.03. The van der Waals surface area contributed by atoms with Gasteiger partial charge in [-0.2, -0.15) is 0 Å². The summed E-state index contributed by atoms with van der Waals surface area (Å²) in [6, 6.07) is 0. The third kappa shape index (κ3) is 2.20. The van der Waals surface area contributed by atoms with Gasteiger partial charge in [-0.25, -0.2) is 0 Å². The van der Waals surface area contributed by atoms with Crippen LogP contribution in [0.1, 0.15) is 51.4 Å². The molecule has 2 aliphatic rings. The Labute approximate surface area is 87.8 Å². The normalized spacial score (nSPS) is 26.2. The summed E-state index contributed by atoms with van der Waals surface area (Å²) in [5, 5.41) is 0. The standard InChI is InChI=1S/C13H23N/c14-10-13(12-8-4-5-9-12)11-6-2-1-3-7-11/h6,12-13H,1-5,7-10,14H2. The van der Waals surface area contributed by atoms with Crippen LogP contribution in [0.2, 0.25) is 0 Å². The molecule has 0 spiro atoms. The lowest BCUT2D eigenvalue weighted by atomic mass is 9.80. The highest BCUT2D eigenvalue weighted by atomic mass is 14.6. The lowest BCUT2D eigenvalue weighted by Gasteiger charge is -2.27. The first-order valence-electron chi connectivity index (χ1n) is 6.31. The van der Waals surface area contributed by atoms with Crippen molar-refractivity contribution in [1.82, 2.24) is 0 Å². The zero-order valence-electron chi connectivity index (χ0n) is 9.17. The summed E-state index contributed by atoms with van der Waals surface area (Å²) in [5.74, 6) is 1.65. The van der Waals surface area contributed by atoms with Crippen molar-refractivity contribution in [2.24, 2.45) is 17.6 Å². The molecule has 1 saturated carbocycles. The largest absolute Gasteiger partial charge is 0.330 e. The molecule has 1 heteroatoms. The second-order valence-electron chi connectivity index (χ2n) is 4.91. The molecule has 2 rings (SSSR count). The van der Waals surface area contributed by atoms with Gasteiger partial charge in [0.25, 0.3) is 0 Å². The number of allylic oxidation sites excluding steroid dienone is 1. The SMILES string of the molecule is NCC(C1=CCCCC1)C1CCCC1. The molecule has 0 saturated heterocycles. The Kier molecular flexibility index (Phi) is 3.63. The number of rotatable bonds is 3. The molecule has 0 amide bonds. The highest BCUT2D eigenvalue weighted by Gasteiger charge is 2.26. The quantitative estimate of drug-likeness (QED) is 0.684. The van der Waals surface area contributed by atoms with Crippen LogP contribution in [-0.4, -0.2) is 6.54 Å². The molecule has 0 aromatic heterocycles. The maximum Gasteiger partial charge on any atom is -0.000883 e. The van der Waals surface area contributed by atoms with E-state index in [1.807, 2.05) is 0 Å². The minimum Gasteiger partial charge on any atom is -0.330 e. The summed E-state index contributed by atoms with van der Waals surface area (Å²) in [5.41, 5.74) is 7.64. The maximum absolute atomic E-state index is 5.94. The number of nitrogens with two attached hydrogens (primary N) is 1. The van der Waals surface area contributed by atoms with Crippen molar-refractivity contribution >= 4 is 0 Å². The lowest BCUT2D eigenvalue weighted by Crippen LogP contribution is -2.24. The maximum atomic E-state index is 5.94. The smallest absolute Gasteiger partial charge is 0.000883 e. The van der Waals surface area contributed by atoms with Gasteiger partial charge in [0.15, 0.2) is 0 Å². The van der Waals surface area contributed by atoms with Crippen molar-refractivity contribution < 1.29 is 0 Å². The molecular formula is C13H23N. The number of hydrogen-bond acceptors (Lipinski definition) is 1. The van der Waals surface area contributed by atoms with E-state index in [-0.39, 0.29) is 0 Å². The molecule has 0 bridgehead atoms. The van der Waals surface area contributed by atoms with Gasteiger partial charge in [-0.15, -0.1) is 0 Å². The molecule has 0 heterocycles. The van der Waals surface area contributed by atoms with E-state index in [2.05, 4.69) is 6.08 Å². The van der Waals surface area contributed by atoms with E-state index in [4.69, 9.17) is 5.73 Å². The van der Waals surface area contributed by atoms with Crippen molar-refractivity contribution in [1.29, 1.82) is 0 Å². The average Bonchev–Trinajstić information content (AvgIpc) is 2.74. The van der Waals surface area contributed by atoms with Crippen molar-refractivity contribution in [3.63, 3.8) is 0 Å². The Morgan fingerprint density at radius 2 is 2.00 bits per heavy atom. The molecule has 1 atom stereocenters. The summed E-state index contributed by atoms with van der Waals surface area (Å²) in [6.45, 7) is 0.885. The zero-order chi connectivity index (χ0) is 9.80. The third-order valence-electron chi connectivity index (χ3n) is 4.03. The highest BCUT2D eigenvalue weighted by molar-refractivity contribution is 5.11. The summed E-state index contributed by atoms with van der Waals surface area (Å²) >= 11 is 0. The molecule has 1 fully saturated rings. The van der Waals surface area contributed by atoms with Crippen LogP contribution in [-0.2, 0) is 0 Å². The Hall–Kier alpha value is -0.300. The predicted molar refractivity (Wildman–Crippen MR) is 61.1 cm³/mol. The van der Waals surface area contributed by atoms with E-state index < -0.39 is 0 Å². The van der Waals surface area contributed by atoms with Gasteiger partial charge in [0.2, 0.25) is 0 Å². The zero-order valence-corrected chi connectivity index (χ0v) is 9.17. The molecule has 14 heavy (non-hydrogen) atoms. The van der Waals surface area contributed by atoms with Crippen LogP contribution < -0.4 is 5.73 Å². The Morgan fingerprint density at radius 1 is 1.21 bits per heavy atom. The fraction of sp³-hybridized carbons (Fsp3) is 0.846. The van der Waals surface area contributed by atoms with E-state index in [0.29, 0.717) is 0 Å². The van der Waals surface area contributed by atoms with Crippen LogP contribution in [0, 0.1) is 11.8 Å². The van der Waals surface area contributed by atoms with Crippen molar-refractivity contribution in [3.8, 4) is 0 Å². The van der Waals surface area contributed by atoms with Crippen LogP contribution >= 0.6 is 0 Å². The fourth-order valence-corrected chi connectivity index (χ4v) is 3.21. The van der Waals surface area contributed by atoms with Crippen LogP contribution in [0.4, 0.5) is 0 Å². The molecule has 0 aliphatic heterocycles. The van der Waals surface area contributed by atoms with Crippen LogP contribution in [0.5, 0.6) is 0 Å². The van der Waals surface area contributed by atoms with E-state index in [9.17, 15) is 0 Å². The Balaban J connectivity index is 1.99. The first-order chi connectivity index (χ1) is 6.92. The molecule has 0 aromatic rings. The Bertz CT molecular complexity index is 201. The Morgan fingerprint density at radius 3 is 2.57 bits per heavy atom. The van der Waals surface area contributed by atoms with E-state index in [0.717, 1.165) is 18.4 Å². The highest BCUT2D eigenvalue weighted by Crippen LogP contribution is 2.37. The van der Waals surface area contributed by atoms with Crippen LogP contribution in [0.15, 0.2) is 11.6 Å². The van der Waals surface area contributed by atoms with E-state index in [1.54, 1.807) is 5.57 Å². The first-order valence-corrected chi connectivity index (χ1v) is 6.31. The van der Waals surface area contributed by atoms with Gasteiger partial charge in [0.05, 0.1) is 0 Å². The fourth-order valence-electron chi connectivity index (χ4n) is 3.21. The van der Waals surface area contributed by atoms with Crippen molar-refractivity contribution in [2.75, 3.05) is 6.54 Å². The summed E-state index contributed by atoms with van der Waals surface area (Å²) in [4.78, 5) is 0. The van der Waals surface area contributed by atoms with Gasteiger partial charge in [-0.3, -0.25) is 0 Å². The molecule has 80 valence electrons. The average molecular weight is 193 g/mol. The monoisotopic (exact) mass is 193 g/mol. The van der Waals surface area contributed by atoms with Gasteiger partial charge in [0.1, 0.15) is 0 Å². The van der Waals surface area contributed by atoms with Crippen molar-refractivity contribution in [2.45, 2.75) is 51.4 Å². The van der Waals surface area contributed by atoms with E-state index >= 15 is 0 Å². The minimum absolute atomic E-state index is 0.734. The topological polar surface area (TPSA) is 26.0 Å². The summed E-state index contributed by atoms with van der Waals surface area (Å²) in [6.07, 6.45) is 13.7. The second kappa shape index (κ2) is 4.97. The molecule has 1 nitrogen and oxygen atoms in total. The van der Waals surface area contributed by atoms with Gasteiger partial charge in [-0.1, -0.05) is 24.5 Å². The summed E-state index contributed by atoms with van der Waals surface area (Å²) < 4.78 is 0. The number of hydrogen-bond donors (Lipinski definition) is 1. The van der Waals surface area contributed by atoms with Crippen LogP contribution in [0.3, 0.4) is 0 Å². The second-order valence-corrected chi connectivity index (χ2v) is 4.91. The van der Waals surface area contributed by atoms with Gasteiger partial charge >= 0.3 is 0 Å². The van der Waals surface area contributed by atoms with Crippen LogP contribution in [0.25, 0.3) is 0 Å². The lowest BCUT2D eigenvalue weighted by molar-refractivity contribution is 0.378. The molecule has 0 radical (unpaired) electrons. The molecule has 2 N–H and O–H groups in total. The molecule has 0 aromatic carbocycles. The molecule has 2 aliphatic carbocycles. The minimum atomic E-state index is 0.734. The van der Waals surface area contributed by atoms with Gasteiger partial charge < -0.3 is 5.73 Å². The first kappa shape index (κ1) is 10.2. The summed E-state index contributed by atoms with van der Waals surface area (Å²) in [7, 11) is 0. The van der Waals surface area contributed by atoms with Crippen molar-refractivity contribution in [3.05, 3.63) is 11.6 Å². The van der Waals surface area contributed by atoms with Gasteiger partial charge in [0, 0.05) is 0 Å². The molecular weight excluding hydrogens is 170 g/mol. The van der Waals surface area contributed by atoms with Gasteiger partial charge in [-0.05, 0) is 56.9 Å². The predicted octanol–water partition coefficient (Wildman–Crippen LogP) is 3.25. The molecule has 1 unspecified atom stereocenters. The van der Waals surface area contributed by atoms with E-state index in [1.165, 1.54) is 51.4 Å².